The van der Waals surface area contributed by atoms with Gasteiger partial charge < -0.3 is 29.3 Å². The van der Waals surface area contributed by atoms with Crippen molar-refractivity contribution in [2.45, 2.75) is 38.5 Å². The standard InChI is InChI=1S/C17H33NO5/c1-2-3-4-5-6-7-15-23-16-12-18(10-13-19,11-14-20)9-8-17(21)22/h2,19-20H,1,3-16H2. The Balaban J connectivity index is 4.02. The molecular formula is C17H33NO5. The summed E-state index contributed by atoms with van der Waals surface area (Å²) in [5.41, 5.74) is 0. The predicted octanol–water partition coefficient (Wildman–Crippen LogP) is 0.0809. The fourth-order valence-electron chi connectivity index (χ4n) is 2.63. The summed E-state index contributed by atoms with van der Waals surface area (Å²) in [5.74, 6) is -1.11. The van der Waals surface area contributed by atoms with Crippen molar-refractivity contribution in [1.29, 1.82) is 0 Å². The molecule has 0 rings (SSSR count). The average Bonchev–Trinajstić information content (AvgIpc) is 2.52. The Morgan fingerprint density at radius 1 is 1.00 bits per heavy atom. The van der Waals surface area contributed by atoms with Gasteiger partial charge in [0.1, 0.15) is 19.6 Å². The zero-order valence-corrected chi connectivity index (χ0v) is 14.3. The molecule has 23 heavy (non-hydrogen) atoms. The molecule has 0 aromatic carbocycles. The minimum atomic E-state index is -1.11. The molecule has 0 aliphatic heterocycles. The Kier molecular flexibility index (Phi) is 14.0. The fraction of sp³-hybridized carbons (Fsp3) is 0.824. The Bertz CT molecular complexity index is 303. The maximum Gasteiger partial charge on any atom is 0.103 e. The molecule has 0 heterocycles. The number of aliphatic hydroxyl groups is 2. The van der Waals surface area contributed by atoms with Gasteiger partial charge in [-0.3, -0.25) is 0 Å². The molecule has 0 radical (unpaired) electrons. The fourth-order valence-corrected chi connectivity index (χ4v) is 2.63. The lowest BCUT2D eigenvalue weighted by molar-refractivity contribution is -0.928. The second kappa shape index (κ2) is 14.6. The van der Waals surface area contributed by atoms with Crippen molar-refractivity contribution in [3.63, 3.8) is 0 Å². The van der Waals surface area contributed by atoms with Crippen LogP contribution in [0.4, 0.5) is 0 Å². The highest BCUT2D eigenvalue weighted by molar-refractivity contribution is 5.64. The molecule has 136 valence electrons. The molecule has 0 spiro atoms. The first kappa shape index (κ1) is 22.1. The lowest BCUT2D eigenvalue weighted by Gasteiger charge is -2.38. The van der Waals surface area contributed by atoms with E-state index in [-0.39, 0.29) is 19.6 Å². The van der Waals surface area contributed by atoms with Gasteiger partial charge in [0.05, 0.1) is 26.4 Å². The number of hydrogen-bond donors (Lipinski definition) is 2. The Morgan fingerprint density at radius 3 is 2.22 bits per heavy atom. The Labute approximate surface area is 140 Å². The van der Waals surface area contributed by atoms with Crippen LogP contribution in [0, 0.1) is 0 Å². The van der Waals surface area contributed by atoms with E-state index in [1.807, 2.05) is 6.08 Å². The monoisotopic (exact) mass is 331 g/mol. The molecule has 6 heteroatoms. The quantitative estimate of drug-likeness (QED) is 0.224. The molecule has 0 atom stereocenters. The normalized spacial score (nSPS) is 11.6. The number of carbonyl (C=O) groups is 1. The van der Waals surface area contributed by atoms with Gasteiger partial charge in [0.15, 0.2) is 0 Å². The molecule has 0 fully saturated rings. The Hall–Kier alpha value is -0.950. The summed E-state index contributed by atoms with van der Waals surface area (Å²) in [6.07, 6.45) is 7.39. The summed E-state index contributed by atoms with van der Waals surface area (Å²) in [4.78, 5) is 10.7. The van der Waals surface area contributed by atoms with E-state index < -0.39 is 5.97 Å². The van der Waals surface area contributed by atoms with Crippen LogP contribution in [0.1, 0.15) is 38.5 Å². The smallest absolute Gasteiger partial charge is 0.103 e. The lowest BCUT2D eigenvalue weighted by atomic mass is 10.1. The van der Waals surface area contributed by atoms with Crippen molar-refractivity contribution < 1.29 is 29.3 Å². The highest BCUT2D eigenvalue weighted by Gasteiger charge is 2.25. The maximum absolute atomic E-state index is 10.7. The zero-order chi connectivity index (χ0) is 17.4. The van der Waals surface area contributed by atoms with Crippen molar-refractivity contribution in [3.05, 3.63) is 12.7 Å². The number of nitrogens with zero attached hydrogens (tertiary/aromatic N) is 1. The number of carboxylic acid groups (broad SMARTS) is 1. The number of ether oxygens (including phenoxy) is 1. The number of allylic oxidation sites excluding steroid dienone is 1. The SMILES string of the molecule is C=CCCCCCCOCC[N+](CCO)(CCO)CCC(=O)[O-]. The lowest BCUT2D eigenvalue weighted by Crippen LogP contribution is -2.55. The molecule has 0 unspecified atom stereocenters. The van der Waals surface area contributed by atoms with E-state index in [0.717, 1.165) is 19.3 Å². The van der Waals surface area contributed by atoms with Crippen molar-refractivity contribution in [2.24, 2.45) is 0 Å². The molecule has 0 aromatic heterocycles. The van der Waals surface area contributed by atoms with Crippen LogP contribution in [0.3, 0.4) is 0 Å². The number of aliphatic hydroxyl groups excluding tert-OH is 2. The van der Waals surface area contributed by atoms with Gasteiger partial charge in [-0.25, -0.2) is 0 Å². The molecule has 0 aliphatic rings. The van der Waals surface area contributed by atoms with Crippen molar-refractivity contribution in [2.75, 3.05) is 52.6 Å². The summed E-state index contributed by atoms with van der Waals surface area (Å²) >= 11 is 0. The number of aliphatic carboxylic acids is 1. The second-order valence-electron chi connectivity index (χ2n) is 5.91. The van der Waals surface area contributed by atoms with Gasteiger partial charge >= 0.3 is 0 Å². The van der Waals surface area contributed by atoms with E-state index in [1.165, 1.54) is 12.8 Å². The molecule has 0 aliphatic carbocycles. The van der Waals surface area contributed by atoms with E-state index in [4.69, 9.17) is 4.74 Å². The van der Waals surface area contributed by atoms with Crippen LogP contribution in [0.25, 0.3) is 0 Å². The number of rotatable bonds is 17. The number of quaternary nitrogens is 1. The zero-order valence-electron chi connectivity index (χ0n) is 14.3. The van der Waals surface area contributed by atoms with E-state index in [0.29, 0.717) is 43.9 Å². The molecule has 6 nitrogen and oxygen atoms in total. The van der Waals surface area contributed by atoms with Crippen LogP contribution >= 0.6 is 0 Å². The number of carboxylic acids is 1. The summed E-state index contributed by atoms with van der Waals surface area (Å²) in [7, 11) is 0. The van der Waals surface area contributed by atoms with Gasteiger partial charge in [-0.2, -0.15) is 0 Å². The molecule has 0 amide bonds. The minimum Gasteiger partial charge on any atom is -0.550 e. The number of unbranched alkanes of at least 4 members (excludes halogenated alkanes) is 4. The second-order valence-corrected chi connectivity index (χ2v) is 5.91. The molecular weight excluding hydrogens is 298 g/mol. The van der Waals surface area contributed by atoms with Gasteiger partial charge in [0.2, 0.25) is 0 Å². The third-order valence-electron chi connectivity index (χ3n) is 4.10. The molecule has 2 N–H and O–H groups in total. The maximum atomic E-state index is 10.7. The van der Waals surface area contributed by atoms with Crippen LogP contribution in [0.15, 0.2) is 12.7 Å². The molecule has 0 saturated heterocycles. The van der Waals surface area contributed by atoms with E-state index >= 15 is 0 Å². The van der Waals surface area contributed by atoms with Gasteiger partial charge in [-0.05, 0) is 19.3 Å². The van der Waals surface area contributed by atoms with Crippen molar-refractivity contribution in [3.8, 4) is 0 Å². The van der Waals surface area contributed by atoms with E-state index in [9.17, 15) is 20.1 Å². The van der Waals surface area contributed by atoms with Crippen LogP contribution in [-0.4, -0.2) is 73.3 Å². The van der Waals surface area contributed by atoms with Gasteiger partial charge in [-0.1, -0.05) is 18.9 Å². The highest BCUT2D eigenvalue weighted by Crippen LogP contribution is 2.09. The van der Waals surface area contributed by atoms with Gasteiger partial charge in [0.25, 0.3) is 0 Å². The molecule has 0 aromatic rings. The number of hydrogen-bond acceptors (Lipinski definition) is 5. The number of carbonyl (C=O) groups excluding carboxylic acids is 1. The summed E-state index contributed by atoms with van der Waals surface area (Å²) < 4.78 is 5.98. The summed E-state index contributed by atoms with van der Waals surface area (Å²) in [6, 6.07) is 0. The van der Waals surface area contributed by atoms with E-state index in [2.05, 4.69) is 6.58 Å². The van der Waals surface area contributed by atoms with Crippen molar-refractivity contribution in [1.82, 2.24) is 0 Å². The van der Waals surface area contributed by atoms with E-state index in [1.54, 1.807) is 0 Å². The molecule has 0 saturated carbocycles. The van der Waals surface area contributed by atoms with Crippen LogP contribution in [-0.2, 0) is 9.53 Å². The largest absolute Gasteiger partial charge is 0.550 e. The topological polar surface area (TPSA) is 89.8 Å². The van der Waals surface area contributed by atoms with Crippen molar-refractivity contribution >= 4 is 5.97 Å². The molecule has 0 bridgehead atoms. The third kappa shape index (κ3) is 12.2. The average molecular weight is 331 g/mol. The first-order chi connectivity index (χ1) is 11.1. The first-order valence-electron chi connectivity index (χ1n) is 8.55. The van der Waals surface area contributed by atoms with Crippen LogP contribution in [0.5, 0.6) is 0 Å². The van der Waals surface area contributed by atoms with Crippen LogP contribution in [0.2, 0.25) is 0 Å². The predicted molar refractivity (Wildman–Crippen MR) is 87.6 cm³/mol. The summed E-state index contributed by atoms with van der Waals surface area (Å²) in [6.45, 7) is 6.55. The summed E-state index contributed by atoms with van der Waals surface area (Å²) in [5, 5.41) is 29.2. The van der Waals surface area contributed by atoms with Crippen LogP contribution < -0.4 is 5.11 Å². The highest BCUT2D eigenvalue weighted by atomic mass is 16.5. The third-order valence-corrected chi connectivity index (χ3v) is 4.10. The van der Waals surface area contributed by atoms with Gasteiger partial charge in [0, 0.05) is 19.0 Å². The Morgan fingerprint density at radius 2 is 1.65 bits per heavy atom. The van der Waals surface area contributed by atoms with Gasteiger partial charge in [-0.15, -0.1) is 6.58 Å². The first-order valence-corrected chi connectivity index (χ1v) is 8.55. The minimum absolute atomic E-state index is 0.0453.